The summed E-state index contributed by atoms with van der Waals surface area (Å²) in [6.07, 6.45) is 24.1. The Kier molecular flexibility index (Phi) is 23.3. The van der Waals surface area contributed by atoms with Gasteiger partial charge in [0.2, 0.25) is 0 Å². The summed E-state index contributed by atoms with van der Waals surface area (Å²) in [6, 6.07) is 0. The first kappa shape index (κ1) is 30.6. The molecule has 0 spiro atoms. The zero-order valence-corrected chi connectivity index (χ0v) is 22.9. The molecule has 0 aromatic rings. The number of piperazine rings is 1. The topological polar surface area (TPSA) is 21.3 Å². The minimum atomic E-state index is 0. The zero-order chi connectivity index (χ0) is 20.9. The summed E-state index contributed by atoms with van der Waals surface area (Å²) in [6.45, 7) is 10.4. The third-order valence-corrected chi connectivity index (χ3v) is 6.79. The monoisotopic (exact) mass is 538 g/mol. The molecule has 0 bridgehead atoms. The SMILES string of the molecule is CCCCCCCCCCCCCCCCCCOCCC[N+]1(C)CCNCC1.[I-]. The lowest BCUT2D eigenvalue weighted by atomic mass is 10.0. The predicted molar refractivity (Wildman–Crippen MR) is 129 cm³/mol. The van der Waals surface area contributed by atoms with Crippen molar-refractivity contribution in [2.24, 2.45) is 0 Å². The maximum atomic E-state index is 5.86. The van der Waals surface area contributed by atoms with E-state index >= 15 is 0 Å². The first-order chi connectivity index (χ1) is 14.3. The quantitative estimate of drug-likeness (QED) is 0.137. The predicted octanol–water partition coefficient (Wildman–Crippen LogP) is 3.71. The van der Waals surface area contributed by atoms with E-state index in [0.717, 1.165) is 13.2 Å². The van der Waals surface area contributed by atoms with E-state index in [-0.39, 0.29) is 24.0 Å². The molecule has 182 valence electrons. The van der Waals surface area contributed by atoms with Gasteiger partial charge in [-0.3, -0.25) is 0 Å². The molecular weight excluding hydrogens is 483 g/mol. The highest BCUT2D eigenvalue weighted by atomic mass is 127. The fourth-order valence-electron chi connectivity index (χ4n) is 4.56. The van der Waals surface area contributed by atoms with Crippen LogP contribution in [0.15, 0.2) is 0 Å². The van der Waals surface area contributed by atoms with Crippen molar-refractivity contribution in [1.29, 1.82) is 0 Å². The average Bonchev–Trinajstić information content (AvgIpc) is 2.73. The second-order valence-electron chi connectivity index (χ2n) is 9.81. The highest BCUT2D eigenvalue weighted by Crippen LogP contribution is 2.13. The van der Waals surface area contributed by atoms with Crippen LogP contribution in [0, 0.1) is 0 Å². The molecule has 0 aromatic heterocycles. The molecule has 1 N–H and O–H groups in total. The van der Waals surface area contributed by atoms with Crippen LogP contribution in [0.5, 0.6) is 0 Å². The van der Waals surface area contributed by atoms with Gasteiger partial charge in [0.05, 0.1) is 33.3 Å². The van der Waals surface area contributed by atoms with Crippen LogP contribution in [-0.2, 0) is 4.74 Å². The van der Waals surface area contributed by atoms with Crippen molar-refractivity contribution >= 4 is 0 Å². The van der Waals surface area contributed by atoms with E-state index in [1.54, 1.807) is 0 Å². The molecule has 0 radical (unpaired) electrons. The fraction of sp³-hybridized carbons (Fsp3) is 1.00. The van der Waals surface area contributed by atoms with E-state index in [4.69, 9.17) is 4.74 Å². The Morgan fingerprint density at radius 1 is 0.600 bits per heavy atom. The first-order valence-electron chi connectivity index (χ1n) is 13.4. The Labute approximate surface area is 207 Å². The smallest absolute Gasteiger partial charge is 0.0911 e. The van der Waals surface area contributed by atoms with Gasteiger partial charge in [-0.1, -0.05) is 103 Å². The molecule has 1 aliphatic rings. The van der Waals surface area contributed by atoms with Gasteiger partial charge in [-0.15, -0.1) is 0 Å². The average molecular weight is 539 g/mol. The van der Waals surface area contributed by atoms with Crippen molar-refractivity contribution in [3.05, 3.63) is 0 Å². The van der Waals surface area contributed by atoms with Gasteiger partial charge in [0.1, 0.15) is 0 Å². The van der Waals surface area contributed by atoms with Gasteiger partial charge in [-0.05, 0) is 6.42 Å². The minimum Gasteiger partial charge on any atom is -1.00 e. The summed E-state index contributed by atoms with van der Waals surface area (Å²) in [5, 5.41) is 3.46. The van der Waals surface area contributed by atoms with Gasteiger partial charge in [0.15, 0.2) is 0 Å². The lowest BCUT2D eigenvalue weighted by Gasteiger charge is -2.38. The van der Waals surface area contributed by atoms with E-state index in [2.05, 4.69) is 19.3 Å². The maximum absolute atomic E-state index is 5.86. The van der Waals surface area contributed by atoms with Gasteiger partial charge >= 0.3 is 0 Å². The molecule has 4 heteroatoms. The molecule has 1 rings (SSSR count). The Morgan fingerprint density at radius 3 is 1.47 bits per heavy atom. The van der Waals surface area contributed by atoms with Crippen LogP contribution in [0.3, 0.4) is 0 Å². The van der Waals surface area contributed by atoms with E-state index < -0.39 is 0 Å². The Balaban J connectivity index is 0.00000841. The van der Waals surface area contributed by atoms with Gasteiger partial charge in [-0.25, -0.2) is 0 Å². The lowest BCUT2D eigenvalue weighted by Crippen LogP contribution is -3.00. The second-order valence-corrected chi connectivity index (χ2v) is 9.81. The number of hydrogen-bond acceptors (Lipinski definition) is 2. The summed E-state index contributed by atoms with van der Waals surface area (Å²) >= 11 is 0. The van der Waals surface area contributed by atoms with Crippen LogP contribution in [0.25, 0.3) is 0 Å². The van der Waals surface area contributed by atoms with Crippen LogP contribution < -0.4 is 29.3 Å². The number of likely N-dealkylation sites (N-methyl/N-ethyl adjacent to an activating group) is 1. The molecule has 1 heterocycles. The van der Waals surface area contributed by atoms with E-state index in [1.807, 2.05) is 0 Å². The largest absolute Gasteiger partial charge is 1.00 e. The third kappa shape index (κ3) is 19.3. The molecule has 0 atom stereocenters. The lowest BCUT2D eigenvalue weighted by molar-refractivity contribution is -0.911. The summed E-state index contributed by atoms with van der Waals surface area (Å²) < 4.78 is 7.09. The van der Waals surface area contributed by atoms with Crippen LogP contribution in [0.1, 0.15) is 116 Å². The standard InChI is InChI=1S/C26H55N2O.HI/c1-3-4-5-6-7-8-9-10-11-12-13-14-15-16-17-18-25-29-26-19-22-28(2)23-20-27-21-24-28;/h27H,3-26H2,1-2H3;1H/q+1;/p-1. The van der Waals surface area contributed by atoms with E-state index in [1.165, 1.54) is 146 Å². The van der Waals surface area contributed by atoms with Crippen LogP contribution in [-0.4, -0.2) is 57.5 Å². The van der Waals surface area contributed by atoms with Gasteiger partial charge in [0, 0.05) is 26.1 Å². The van der Waals surface area contributed by atoms with Gasteiger partial charge in [-0.2, -0.15) is 0 Å². The van der Waals surface area contributed by atoms with Crippen LogP contribution >= 0.6 is 0 Å². The van der Waals surface area contributed by atoms with Crippen molar-refractivity contribution in [1.82, 2.24) is 5.32 Å². The summed E-state index contributed by atoms with van der Waals surface area (Å²) in [7, 11) is 2.40. The van der Waals surface area contributed by atoms with Gasteiger partial charge < -0.3 is 38.5 Å². The highest BCUT2D eigenvalue weighted by Gasteiger charge is 2.23. The minimum absolute atomic E-state index is 0. The molecular formula is C26H55IN2O. The molecule has 3 nitrogen and oxygen atoms in total. The number of unbranched alkanes of at least 4 members (excludes halogenated alkanes) is 15. The molecule has 0 aliphatic carbocycles. The fourth-order valence-corrected chi connectivity index (χ4v) is 4.56. The van der Waals surface area contributed by atoms with Crippen molar-refractivity contribution in [3.63, 3.8) is 0 Å². The van der Waals surface area contributed by atoms with E-state index in [9.17, 15) is 0 Å². The number of halogens is 1. The summed E-state index contributed by atoms with van der Waals surface area (Å²) in [5.41, 5.74) is 0. The number of hydrogen-bond donors (Lipinski definition) is 1. The maximum Gasteiger partial charge on any atom is 0.0911 e. The number of nitrogens with one attached hydrogen (secondary N) is 1. The molecule has 0 saturated carbocycles. The van der Waals surface area contributed by atoms with Crippen molar-refractivity contribution in [2.75, 3.05) is 53.0 Å². The molecule has 0 unspecified atom stereocenters. The molecule has 0 aromatic carbocycles. The van der Waals surface area contributed by atoms with E-state index in [0.29, 0.717) is 0 Å². The second kappa shape index (κ2) is 22.8. The summed E-state index contributed by atoms with van der Waals surface area (Å²) in [4.78, 5) is 0. The number of rotatable bonds is 21. The van der Waals surface area contributed by atoms with Crippen molar-refractivity contribution < 1.29 is 33.2 Å². The molecule has 0 amide bonds. The first-order valence-corrected chi connectivity index (χ1v) is 13.4. The van der Waals surface area contributed by atoms with Crippen LogP contribution in [0.2, 0.25) is 0 Å². The Morgan fingerprint density at radius 2 is 1.00 bits per heavy atom. The molecule has 1 aliphatic heterocycles. The summed E-state index contributed by atoms with van der Waals surface area (Å²) in [5.74, 6) is 0. The zero-order valence-electron chi connectivity index (χ0n) is 20.7. The Bertz CT molecular complexity index is 335. The third-order valence-electron chi connectivity index (χ3n) is 6.79. The molecule has 1 fully saturated rings. The van der Waals surface area contributed by atoms with Crippen LogP contribution in [0.4, 0.5) is 0 Å². The highest BCUT2D eigenvalue weighted by molar-refractivity contribution is 4.55. The van der Waals surface area contributed by atoms with Gasteiger partial charge in [0.25, 0.3) is 0 Å². The van der Waals surface area contributed by atoms with Crippen molar-refractivity contribution in [2.45, 2.75) is 116 Å². The Hall–Kier alpha value is 0.610. The number of quaternary nitrogens is 1. The normalized spacial score (nSPS) is 15.8. The number of ether oxygens (including phenoxy) is 1. The van der Waals surface area contributed by atoms with Crippen molar-refractivity contribution in [3.8, 4) is 0 Å². The molecule has 1 saturated heterocycles. The number of nitrogens with zero attached hydrogens (tertiary/aromatic N) is 1. The molecule has 30 heavy (non-hydrogen) atoms.